The van der Waals surface area contributed by atoms with Crippen LogP contribution in [0.3, 0.4) is 0 Å². The molecule has 4 rings (SSSR count). The molecule has 0 atom stereocenters. The van der Waals surface area contributed by atoms with Crippen LogP contribution in [0.5, 0.6) is 5.75 Å². The number of ether oxygens (including phenoxy) is 1. The van der Waals surface area contributed by atoms with Crippen molar-refractivity contribution in [2.24, 2.45) is 0 Å². The second-order valence-electron chi connectivity index (χ2n) is 8.17. The molecule has 1 saturated heterocycles. The smallest absolute Gasteiger partial charge is 0.335 e. The number of hydrogen-bond acceptors (Lipinski definition) is 4. The molecule has 0 bridgehead atoms. The molecule has 3 aromatic carbocycles. The van der Waals surface area contributed by atoms with Crippen LogP contribution in [0.15, 0.2) is 83.4 Å². The second-order valence-corrected chi connectivity index (χ2v) is 9.02. The average molecular weight is 549 g/mol. The monoisotopic (exact) mass is 548 g/mol. The molecule has 1 fully saturated rings. The minimum Gasteiger partial charge on any atom is -0.489 e. The zero-order valence-electron chi connectivity index (χ0n) is 19.4. The van der Waals surface area contributed by atoms with Crippen LogP contribution >= 0.6 is 15.9 Å². The number of rotatable bonds is 7. The number of imide groups is 2. The Morgan fingerprint density at radius 2 is 1.81 bits per heavy atom. The summed E-state index contributed by atoms with van der Waals surface area (Å²) < 4.78 is 19.9. The van der Waals surface area contributed by atoms with Gasteiger partial charge >= 0.3 is 6.03 Å². The fourth-order valence-electron chi connectivity index (χ4n) is 3.71. The lowest BCUT2D eigenvalue weighted by Crippen LogP contribution is -2.54. The van der Waals surface area contributed by atoms with Crippen molar-refractivity contribution in [2.45, 2.75) is 20.0 Å². The Kier molecular flexibility index (Phi) is 7.45. The summed E-state index contributed by atoms with van der Waals surface area (Å²) in [6.45, 7) is 5.86. The molecule has 1 N–H and O–H groups in total. The lowest BCUT2D eigenvalue weighted by molar-refractivity contribution is -0.122. The Labute approximate surface area is 216 Å². The van der Waals surface area contributed by atoms with E-state index in [9.17, 15) is 18.8 Å². The molecule has 0 aromatic heterocycles. The molecule has 1 aliphatic rings. The number of carbonyl (C=O) groups excluding carboxylic acids is 3. The van der Waals surface area contributed by atoms with Crippen molar-refractivity contribution in [2.75, 3.05) is 4.90 Å². The molecule has 36 heavy (non-hydrogen) atoms. The van der Waals surface area contributed by atoms with Crippen molar-refractivity contribution in [3.05, 3.63) is 111 Å². The number of benzene rings is 3. The lowest BCUT2D eigenvalue weighted by atomic mass is 10.0. The number of urea groups is 1. The molecule has 182 valence electrons. The number of amides is 4. The third-order valence-electron chi connectivity index (χ3n) is 5.57. The summed E-state index contributed by atoms with van der Waals surface area (Å²) in [6.07, 6.45) is 3.64. The van der Waals surface area contributed by atoms with E-state index in [4.69, 9.17) is 4.74 Å². The highest BCUT2D eigenvalue weighted by molar-refractivity contribution is 9.10. The first-order valence-electron chi connectivity index (χ1n) is 11.1. The summed E-state index contributed by atoms with van der Waals surface area (Å²) in [5.41, 5.74) is 3.21. The zero-order chi connectivity index (χ0) is 25.8. The number of nitrogens with one attached hydrogen (secondary N) is 1. The van der Waals surface area contributed by atoms with Crippen LogP contribution in [-0.2, 0) is 22.6 Å². The number of hydrogen-bond donors (Lipinski definition) is 1. The van der Waals surface area contributed by atoms with Crippen LogP contribution in [0.1, 0.15) is 22.3 Å². The molecule has 0 radical (unpaired) electrons. The van der Waals surface area contributed by atoms with Gasteiger partial charge in [-0.25, -0.2) is 14.1 Å². The summed E-state index contributed by atoms with van der Waals surface area (Å²) >= 11 is 3.40. The molecule has 8 heteroatoms. The van der Waals surface area contributed by atoms with Crippen LogP contribution in [0.25, 0.3) is 6.08 Å². The van der Waals surface area contributed by atoms with Gasteiger partial charge in [-0.3, -0.25) is 14.9 Å². The Balaban J connectivity index is 1.62. The SMILES string of the molecule is C=CCc1cc(/C=C2\C(=O)NC(=O)N(c3ccc(Br)c(C)c3)C2=O)ccc1OCc1ccc(F)cc1. The normalized spacial score (nSPS) is 14.7. The summed E-state index contributed by atoms with van der Waals surface area (Å²) in [7, 11) is 0. The maximum Gasteiger partial charge on any atom is 0.335 e. The van der Waals surface area contributed by atoms with Gasteiger partial charge in [-0.1, -0.05) is 40.2 Å². The fourth-order valence-corrected chi connectivity index (χ4v) is 3.96. The van der Waals surface area contributed by atoms with Gasteiger partial charge in [0, 0.05) is 4.47 Å². The van der Waals surface area contributed by atoms with E-state index in [0.29, 0.717) is 23.4 Å². The molecule has 0 saturated carbocycles. The highest BCUT2D eigenvalue weighted by atomic mass is 79.9. The molecular weight excluding hydrogens is 527 g/mol. The number of carbonyl (C=O) groups is 3. The quantitative estimate of drug-likeness (QED) is 0.227. The number of halogens is 2. The summed E-state index contributed by atoms with van der Waals surface area (Å²) in [5.74, 6) is -1.20. The number of aryl methyl sites for hydroxylation is 1. The molecule has 1 aliphatic heterocycles. The summed E-state index contributed by atoms with van der Waals surface area (Å²) in [6, 6.07) is 15.5. The van der Waals surface area contributed by atoms with E-state index in [2.05, 4.69) is 27.8 Å². The predicted octanol–water partition coefficient (Wildman–Crippen LogP) is 5.87. The molecule has 3 aromatic rings. The first-order valence-corrected chi connectivity index (χ1v) is 11.8. The van der Waals surface area contributed by atoms with Gasteiger partial charge in [0.05, 0.1) is 5.69 Å². The van der Waals surface area contributed by atoms with Crippen molar-refractivity contribution in [1.29, 1.82) is 0 Å². The van der Waals surface area contributed by atoms with Gasteiger partial charge in [-0.2, -0.15) is 0 Å². The van der Waals surface area contributed by atoms with Gasteiger partial charge in [-0.15, -0.1) is 6.58 Å². The van der Waals surface area contributed by atoms with Crippen LogP contribution in [0, 0.1) is 12.7 Å². The van der Waals surface area contributed by atoms with Gasteiger partial charge in [0.2, 0.25) is 0 Å². The van der Waals surface area contributed by atoms with E-state index in [1.807, 2.05) is 6.92 Å². The lowest BCUT2D eigenvalue weighted by Gasteiger charge is -2.26. The molecule has 6 nitrogen and oxygen atoms in total. The molecule has 4 amide bonds. The van der Waals surface area contributed by atoms with E-state index in [-0.39, 0.29) is 18.0 Å². The van der Waals surface area contributed by atoms with E-state index in [0.717, 1.165) is 26.1 Å². The Bertz CT molecular complexity index is 1400. The molecule has 0 spiro atoms. The minimum atomic E-state index is -0.805. The van der Waals surface area contributed by atoms with E-state index < -0.39 is 17.8 Å². The van der Waals surface area contributed by atoms with Gasteiger partial charge in [-0.05, 0) is 84.1 Å². The first kappa shape index (κ1) is 25.1. The maximum absolute atomic E-state index is 13.2. The Morgan fingerprint density at radius 3 is 2.50 bits per heavy atom. The van der Waals surface area contributed by atoms with Gasteiger partial charge in [0.1, 0.15) is 23.7 Å². The fraction of sp³-hybridized carbons (Fsp3) is 0.107. The van der Waals surface area contributed by atoms with Crippen molar-refractivity contribution in [3.63, 3.8) is 0 Å². The average Bonchev–Trinajstić information content (AvgIpc) is 2.84. The molecule has 0 aliphatic carbocycles. The van der Waals surface area contributed by atoms with Gasteiger partial charge in [0.15, 0.2) is 0 Å². The van der Waals surface area contributed by atoms with Gasteiger partial charge in [0.25, 0.3) is 11.8 Å². The van der Waals surface area contributed by atoms with Crippen LogP contribution in [0.4, 0.5) is 14.9 Å². The molecule has 1 heterocycles. The predicted molar refractivity (Wildman–Crippen MR) is 139 cm³/mol. The Morgan fingerprint density at radius 1 is 1.06 bits per heavy atom. The first-order chi connectivity index (χ1) is 17.3. The van der Waals surface area contributed by atoms with Crippen LogP contribution in [-0.4, -0.2) is 17.8 Å². The topological polar surface area (TPSA) is 75.7 Å². The molecular formula is C28H22BrFN2O4. The second kappa shape index (κ2) is 10.7. The third kappa shape index (κ3) is 5.44. The summed E-state index contributed by atoms with van der Waals surface area (Å²) in [5, 5.41) is 2.24. The minimum absolute atomic E-state index is 0.167. The van der Waals surface area contributed by atoms with Crippen LogP contribution < -0.4 is 15.0 Å². The zero-order valence-corrected chi connectivity index (χ0v) is 21.0. The van der Waals surface area contributed by atoms with Crippen molar-refractivity contribution in [3.8, 4) is 5.75 Å². The molecule has 0 unspecified atom stereocenters. The number of barbiturate groups is 1. The Hall–Kier alpha value is -4.04. The van der Waals surface area contributed by atoms with Crippen molar-refractivity contribution < 1.29 is 23.5 Å². The van der Waals surface area contributed by atoms with E-state index in [1.54, 1.807) is 54.6 Å². The highest BCUT2D eigenvalue weighted by Crippen LogP contribution is 2.28. The van der Waals surface area contributed by atoms with Gasteiger partial charge < -0.3 is 4.74 Å². The maximum atomic E-state index is 13.2. The van der Waals surface area contributed by atoms with E-state index >= 15 is 0 Å². The number of allylic oxidation sites excluding steroid dienone is 1. The third-order valence-corrected chi connectivity index (χ3v) is 6.46. The number of nitrogens with zero attached hydrogens (tertiary/aromatic N) is 1. The van der Waals surface area contributed by atoms with E-state index in [1.165, 1.54) is 18.2 Å². The number of anilines is 1. The van der Waals surface area contributed by atoms with Crippen molar-refractivity contribution in [1.82, 2.24) is 5.32 Å². The highest BCUT2D eigenvalue weighted by Gasteiger charge is 2.37. The van der Waals surface area contributed by atoms with Crippen molar-refractivity contribution >= 4 is 45.5 Å². The summed E-state index contributed by atoms with van der Waals surface area (Å²) in [4.78, 5) is 39.2. The largest absolute Gasteiger partial charge is 0.489 e. The standard InChI is InChI=1S/C28H22BrFN2O4/c1-3-4-20-14-19(7-12-25(20)36-16-18-5-8-21(30)9-6-18)15-23-26(33)31-28(35)32(27(23)34)22-10-11-24(29)17(2)13-22/h3,5-15H,1,4,16H2,2H3,(H,31,33,35)/b23-15+. The van der Waals surface area contributed by atoms with Crippen LogP contribution in [0.2, 0.25) is 0 Å².